The summed E-state index contributed by atoms with van der Waals surface area (Å²) in [6.07, 6.45) is 1.72. The highest BCUT2D eigenvalue weighted by Crippen LogP contribution is 2.38. The zero-order valence-electron chi connectivity index (χ0n) is 13.8. The third-order valence-corrected chi connectivity index (χ3v) is 3.92. The molecule has 0 saturated heterocycles. The van der Waals surface area contributed by atoms with Gasteiger partial charge in [-0.1, -0.05) is 36.4 Å². The molecule has 0 amide bonds. The van der Waals surface area contributed by atoms with Crippen LogP contribution in [0.4, 0.5) is 11.4 Å². The van der Waals surface area contributed by atoms with Crippen LogP contribution in [0, 0.1) is 6.92 Å². The van der Waals surface area contributed by atoms with E-state index in [1.807, 2.05) is 55.5 Å². The Morgan fingerprint density at radius 2 is 2.08 bits per heavy atom. The SMILES string of the molecule is C=CCn1c(O)c(N=NC(=S)Nc2cccc(C)c2)c2ccccc21. The fourth-order valence-corrected chi connectivity index (χ4v) is 2.81. The number of thiocarbonyl (C=S) groups is 1. The van der Waals surface area contributed by atoms with E-state index in [0.717, 1.165) is 22.2 Å². The van der Waals surface area contributed by atoms with Crippen LogP contribution in [-0.4, -0.2) is 14.8 Å². The van der Waals surface area contributed by atoms with Crippen molar-refractivity contribution in [3.8, 4) is 5.88 Å². The second-order valence-corrected chi connectivity index (χ2v) is 5.97. The minimum Gasteiger partial charge on any atom is -0.493 e. The van der Waals surface area contributed by atoms with Gasteiger partial charge < -0.3 is 15.0 Å². The first-order chi connectivity index (χ1) is 12.1. The number of rotatable bonds is 4. The topological polar surface area (TPSA) is 61.9 Å². The summed E-state index contributed by atoms with van der Waals surface area (Å²) >= 11 is 5.23. The lowest BCUT2D eigenvalue weighted by molar-refractivity contribution is 0.431. The Bertz CT molecular complexity index is 975. The first-order valence-corrected chi connectivity index (χ1v) is 8.21. The van der Waals surface area contributed by atoms with Crippen molar-refractivity contribution in [3.05, 3.63) is 66.7 Å². The van der Waals surface area contributed by atoms with E-state index >= 15 is 0 Å². The third kappa shape index (κ3) is 3.59. The average molecular weight is 350 g/mol. The molecule has 0 atom stereocenters. The molecule has 0 saturated carbocycles. The molecule has 6 heteroatoms. The van der Waals surface area contributed by atoms with Gasteiger partial charge in [0.1, 0.15) is 0 Å². The molecule has 2 N–H and O–H groups in total. The van der Waals surface area contributed by atoms with E-state index < -0.39 is 0 Å². The number of para-hydroxylation sites is 1. The van der Waals surface area contributed by atoms with Crippen molar-refractivity contribution in [2.24, 2.45) is 10.2 Å². The number of anilines is 1. The van der Waals surface area contributed by atoms with E-state index in [2.05, 4.69) is 22.1 Å². The Morgan fingerprint density at radius 1 is 1.28 bits per heavy atom. The molecule has 0 aliphatic heterocycles. The van der Waals surface area contributed by atoms with Crippen LogP contribution in [0.25, 0.3) is 10.9 Å². The monoisotopic (exact) mass is 350 g/mol. The van der Waals surface area contributed by atoms with Gasteiger partial charge in [0, 0.05) is 17.6 Å². The molecule has 0 aliphatic rings. The predicted octanol–water partition coefficient (Wildman–Crippen LogP) is 5.32. The van der Waals surface area contributed by atoms with Crippen molar-refractivity contribution in [1.29, 1.82) is 0 Å². The zero-order valence-corrected chi connectivity index (χ0v) is 14.6. The molecule has 0 aliphatic carbocycles. The number of hydrogen-bond donors (Lipinski definition) is 2. The van der Waals surface area contributed by atoms with Gasteiger partial charge >= 0.3 is 0 Å². The number of nitrogens with zero attached hydrogens (tertiary/aromatic N) is 3. The van der Waals surface area contributed by atoms with E-state index in [9.17, 15) is 5.11 Å². The van der Waals surface area contributed by atoms with Crippen molar-refractivity contribution in [2.45, 2.75) is 13.5 Å². The molecule has 126 valence electrons. The van der Waals surface area contributed by atoms with Crippen LogP contribution in [0.5, 0.6) is 5.88 Å². The number of nitrogens with one attached hydrogen (secondary N) is 1. The van der Waals surface area contributed by atoms with Crippen LogP contribution >= 0.6 is 12.2 Å². The Kier molecular flexibility index (Phi) is 4.90. The number of aromatic hydroxyl groups is 1. The Hall–Kier alpha value is -2.99. The highest BCUT2D eigenvalue weighted by molar-refractivity contribution is 7.80. The van der Waals surface area contributed by atoms with Crippen molar-refractivity contribution in [1.82, 2.24) is 4.57 Å². The molecule has 0 spiro atoms. The average Bonchev–Trinajstić information content (AvgIpc) is 2.86. The molecular formula is C19H18N4OS. The van der Waals surface area contributed by atoms with Gasteiger partial charge in [0.25, 0.3) is 0 Å². The summed E-state index contributed by atoms with van der Waals surface area (Å²) in [5.41, 5.74) is 3.23. The highest BCUT2D eigenvalue weighted by atomic mass is 32.1. The normalized spacial score (nSPS) is 11.1. The molecule has 3 rings (SSSR count). The van der Waals surface area contributed by atoms with Crippen molar-refractivity contribution in [3.63, 3.8) is 0 Å². The lowest BCUT2D eigenvalue weighted by atomic mass is 10.2. The Morgan fingerprint density at radius 3 is 2.84 bits per heavy atom. The molecule has 0 radical (unpaired) electrons. The van der Waals surface area contributed by atoms with Gasteiger partial charge in [-0.25, -0.2) is 0 Å². The lowest BCUT2D eigenvalue weighted by Gasteiger charge is -2.03. The molecule has 1 heterocycles. The number of benzene rings is 2. The van der Waals surface area contributed by atoms with Crippen molar-refractivity contribution < 1.29 is 5.11 Å². The quantitative estimate of drug-likeness (QED) is 0.380. The highest BCUT2D eigenvalue weighted by Gasteiger charge is 2.15. The van der Waals surface area contributed by atoms with E-state index in [1.54, 1.807) is 10.6 Å². The van der Waals surface area contributed by atoms with Crippen LogP contribution in [0.2, 0.25) is 0 Å². The molecular weight excluding hydrogens is 332 g/mol. The van der Waals surface area contributed by atoms with Gasteiger partial charge in [-0.2, -0.15) is 0 Å². The first kappa shape index (κ1) is 16.9. The van der Waals surface area contributed by atoms with Gasteiger partial charge in [-0.05, 0) is 42.9 Å². The number of aromatic nitrogens is 1. The summed E-state index contributed by atoms with van der Waals surface area (Å²) in [7, 11) is 0. The van der Waals surface area contributed by atoms with Gasteiger partial charge in [-0.3, -0.25) is 0 Å². The third-order valence-electron chi connectivity index (χ3n) is 3.74. The van der Waals surface area contributed by atoms with Gasteiger partial charge in [-0.15, -0.1) is 16.8 Å². The van der Waals surface area contributed by atoms with Crippen LogP contribution < -0.4 is 5.32 Å². The number of azo groups is 1. The van der Waals surface area contributed by atoms with Crippen LogP contribution in [0.1, 0.15) is 5.56 Å². The minimum absolute atomic E-state index is 0.0446. The molecule has 25 heavy (non-hydrogen) atoms. The Balaban J connectivity index is 1.89. The van der Waals surface area contributed by atoms with Crippen molar-refractivity contribution in [2.75, 3.05) is 5.32 Å². The maximum Gasteiger partial charge on any atom is 0.221 e. The predicted molar refractivity (Wildman–Crippen MR) is 106 cm³/mol. The number of hydrogen-bond acceptors (Lipinski definition) is 3. The van der Waals surface area contributed by atoms with E-state index in [4.69, 9.17) is 12.2 Å². The van der Waals surface area contributed by atoms with Gasteiger partial charge in [0.05, 0.1) is 5.52 Å². The van der Waals surface area contributed by atoms with Gasteiger partial charge in [0.2, 0.25) is 11.0 Å². The van der Waals surface area contributed by atoms with Gasteiger partial charge in [0.15, 0.2) is 5.69 Å². The molecule has 3 aromatic rings. The summed E-state index contributed by atoms with van der Waals surface area (Å²) < 4.78 is 1.73. The van der Waals surface area contributed by atoms with E-state index in [0.29, 0.717) is 12.2 Å². The summed E-state index contributed by atoms with van der Waals surface area (Å²) in [5, 5.41) is 22.8. The summed E-state index contributed by atoms with van der Waals surface area (Å²) in [5.74, 6) is 0.0446. The molecule has 0 fully saturated rings. The standard InChI is InChI=1S/C19H18N4OS/c1-3-11-23-16-10-5-4-9-15(16)17(18(23)24)21-22-19(25)20-14-8-6-7-13(2)12-14/h3-10,12,24H,1,11H2,2H3,(H,20,25). The summed E-state index contributed by atoms with van der Waals surface area (Å²) in [4.78, 5) is 0. The smallest absolute Gasteiger partial charge is 0.221 e. The second kappa shape index (κ2) is 7.27. The molecule has 0 unspecified atom stereocenters. The second-order valence-electron chi connectivity index (χ2n) is 5.59. The van der Waals surface area contributed by atoms with Crippen LogP contribution in [0.3, 0.4) is 0 Å². The number of fused-ring (bicyclic) bond motifs is 1. The summed E-state index contributed by atoms with van der Waals surface area (Å²) in [6, 6.07) is 15.4. The molecule has 5 nitrogen and oxygen atoms in total. The fraction of sp³-hybridized carbons (Fsp3) is 0.105. The largest absolute Gasteiger partial charge is 0.493 e. The minimum atomic E-state index is 0.0446. The molecule has 0 bridgehead atoms. The lowest BCUT2D eigenvalue weighted by Crippen LogP contribution is -2.04. The van der Waals surface area contributed by atoms with Crippen molar-refractivity contribution >= 4 is 39.6 Å². The summed E-state index contributed by atoms with van der Waals surface area (Å²) in [6.45, 7) is 6.21. The van der Waals surface area contributed by atoms with E-state index in [1.165, 1.54) is 0 Å². The molecule has 1 aromatic heterocycles. The van der Waals surface area contributed by atoms with E-state index in [-0.39, 0.29) is 11.0 Å². The molecule has 2 aromatic carbocycles. The number of allylic oxidation sites excluding steroid dienone is 1. The maximum absolute atomic E-state index is 10.5. The fourth-order valence-electron chi connectivity index (χ4n) is 2.65. The Labute approximate surface area is 151 Å². The first-order valence-electron chi connectivity index (χ1n) is 7.80. The number of aryl methyl sites for hydroxylation is 1. The zero-order chi connectivity index (χ0) is 17.8. The maximum atomic E-state index is 10.5. The van der Waals surface area contributed by atoms with Crippen LogP contribution in [-0.2, 0) is 6.54 Å². The van der Waals surface area contributed by atoms with Crippen LogP contribution in [0.15, 0.2) is 71.4 Å².